The smallest absolute Gasteiger partial charge is 0.248 e. The summed E-state index contributed by atoms with van der Waals surface area (Å²) in [5, 5.41) is 4.56. The van der Waals surface area contributed by atoms with Crippen LogP contribution in [-0.2, 0) is 4.79 Å². The van der Waals surface area contributed by atoms with Gasteiger partial charge in [0.25, 0.3) is 0 Å². The van der Waals surface area contributed by atoms with E-state index in [1.54, 1.807) is 24.6 Å². The number of hydrogen-bond donors (Lipinski definition) is 1. The summed E-state index contributed by atoms with van der Waals surface area (Å²) in [6, 6.07) is 14.8. The molecule has 2 heterocycles. The number of halogens is 2. The van der Waals surface area contributed by atoms with Crippen molar-refractivity contribution in [2.24, 2.45) is 0 Å². The van der Waals surface area contributed by atoms with E-state index >= 15 is 0 Å². The highest BCUT2D eigenvalue weighted by atomic mass is 35.5. The van der Waals surface area contributed by atoms with Gasteiger partial charge in [0.05, 0.1) is 18.6 Å². The van der Waals surface area contributed by atoms with E-state index in [-0.39, 0.29) is 11.1 Å². The molecule has 0 saturated carbocycles. The fourth-order valence-electron chi connectivity index (χ4n) is 3.41. The number of allylic oxidation sites excluding steroid dienone is 1. The molecular formula is C25H20Cl2N2O3. The van der Waals surface area contributed by atoms with Crippen LogP contribution in [0.5, 0.6) is 5.75 Å². The molecule has 4 rings (SSSR count). The maximum Gasteiger partial charge on any atom is 0.248 e. The number of furan rings is 1. The lowest BCUT2D eigenvalue weighted by atomic mass is 9.99. The number of carbonyl (C=O) groups is 1. The second kappa shape index (κ2) is 9.47. The number of nitrogens with zero attached hydrogens (tertiary/aromatic N) is 1. The van der Waals surface area contributed by atoms with E-state index in [4.69, 9.17) is 32.4 Å². The fraction of sp³-hybridized carbons (Fsp3) is 0.120. The molecule has 162 valence electrons. The zero-order valence-corrected chi connectivity index (χ0v) is 19.0. The average molecular weight is 467 g/mol. The van der Waals surface area contributed by atoms with E-state index in [1.165, 1.54) is 6.08 Å². The molecule has 7 heteroatoms. The molecule has 0 aliphatic heterocycles. The van der Waals surface area contributed by atoms with Crippen LogP contribution in [-0.4, -0.2) is 17.5 Å². The molecule has 0 saturated heterocycles. The van der Waals surface area contributed by atoms with Gasteiger partial charge >= 0.3 is 0 Å². The number of fused-ring (bicyclic) bond motifs is 1. The third kappa shape index (κ3) is 4.64. The van der Waals surface area contributed by atoms with E-state index in [9.17, 15) is 4.79 Å². The predicted molar refractivity (Wildman–Crippen MR) is 129 cm³/mol. The van der Waals surface area contributed by atoms with Gasteiger partial charge in [0, 0.05) is 39.9 Å². The van der Waals surface area contributed by atoms with Crippen molar-refractivity contribution in [1.29, 1.82) is 0 Å². The molecule has 0 aliphatic carbocycles. The Labute approximate surface area is 195 Å². The number of pyridine rings is 1. The SMILES string of the molecule is CCOc1cc2occ(-c3ccc(Cl)cc3)c2cc1/C(C)=C/C(=O)Nc1cccnc1Cl. The third-order valence-corrected chi connectivity index (χ3v) is 5.47. The van der Waals surface area contributed by atoms with E-state index in [0.717, 1.165) is 27.6 Å². The van der Waals surface area contributed by atoms with Crippen molar-refractivity contribution >= 4 is 51.3 Å². The van der Waals surface area contributed by atoms with Crippen molar-refractivity contribution in [3.63, 3.8) is 0 Å². The standard InChI is InChI=1S/C25H20Cl2N2O3/c1-3-31-22-13-23-19(20(14-32-23)16-6-8-17(26)9-7-16)12-18(22)15(2)11-24(30)29-21-5-4-10-28-25(21)27/h4-14H,3H2,1-2H3,(H,29,30)/b15-11+. The molecule has 32 heavy (non-hydrogen) atoms. The average Bonchev–Trinajstić information content (AvgIpc) is 3.18. The number of nitrogens with one attached hydrogen (secondary N) is 1. The summed E-state index contributed by atoms with van der Waals surface area (Å²) < 4.78 is 11.6. The summed E-state index contributed by atoms with van der Waals surface area (Å²) in [7, 11) is 0. The molecule has 1 amide bonds. The Hall–Kier alpha value is -3.28. The van der Waals surface area contributed by atoms with Gasteiger partial charge in [0.1, 0.15) is 11.3 Å². The molecule has 4 aromatic rings. The first-order valence-corrected chi connectivity index (χ1v) is 10.8. The number of benzene rings is 2. The van der Waals surface area contributed by atoms with Gasteiger partial charge in [-0.05, 0) is 55.3 Å². The molecule has 0 aliphatic rings. The summed E-state index contributed by atoms with van der Waals surface area (Å²) in [6.45, 7) is 4.25. The lowest BCUT2D eigenvalue weighted by Crippen LogP contribution is -2.09. The summed E-state index contributed by atoms with van der Waals surface area (Å²) >= 11 is 12.1. The summed E-state index contributed by atoms with van der Waals surface area (Å²) in [5.74, 6) is 0.322. The molecule has 5 nitrogen and oxygen atoms in total. The van der Waals surface area contributed by atoms with Gasteiger partial charge in [-0.15, -0.1) is 0 Å². The second-order valence-electron chi connectivity index (χ2n) is 7.09. The van der Waals surface area contributed by atoms with E-state index < -0.39 is 0 Å². The van der Waals surface area contributed by atoms with E-state index in [0.29, 0.717) is 28.6 Å². The number of amides is 1. The number of anilines is 1. The van der Waals surface area contributed by atoms with Gasteiger partial charge in [0.15, 0.2) is 5.15 Å². The number of aromatic nitrogens is 1. The highest BCUT2D eigenvalue weighted by Gasteiger charge is 2.15. The molecular weight excluding hydrogens is 447 g/mol. The predicted octanol–water partition coefficient (Wildman–Crippen LogP) is 7.24. The normalized spacial score (nSPS) is 11.6. The van der Waals surface area contributed by atoms with Crippen LogP contribution >= 0.6 is 23.2 Å². The van der Waals surface area contributed by atoms with Crippen LogP contribution in [0.4, 0.5) is 5.69 Å². The fourth-order valence-corrected chi connectivity index (χ4v) is 3.71. The first kappa shape index (κ1) is 21.9. The lowest BCUT2D eigenvalue weighted by Gasteiger charge is -2.12. The Morgan fingerprint density at radius 2 is 1.97 bits per heavy atom. The lowest BCUT2D eigenvalue weighted by molar-refractivity contribution is -0.111. The van der Waals surface area contributed by atoms with Crippen LogP contribution < -0.4 is 10.1 Å². The molecule has 0 spiro atoms. The van der Waals surface area contributed by atoms with Gasteiger partial charge < -0.3 is 14.5 Å². The first-order chi connectivity index (χ1) is 15.5. The quantitative estimate of drug-likeness (QED) is 0.240. The Bertz CT molecular complexity index is 1310. The second-order valence-corrected chi connectivity index (χ2v) is 7.89. The molecule has 0 unspecified atom stereocenters. The zero-order valence-electron chi connectivity index (χ0n) is 17.5. The van der Waals surface area contributed by atoms with E-state index in [1.807, 2.05) is 50.2 Å². The zero-order chi connectivity index (χ0) is 22.7. The van der Waals surface area contributed by atoms with Crippen molar-refractivity contribution < 1.29 is 13.9 Å². The third-order valence-electron chi connectivity index (χ3n) is 4.92. The van der Waals surface area contributed by atoms with Gasteiger partial charge in [0.2, 0.25) is 5.91 Å². The summed E-state index contributed by atoms with van der Waals surface area (Å²) in [6.07, 6.45) is 4.78. The molecule has 2 aromatic heterocycles. The molecule has 0 bridgehead atoms. The number of hydrogen-bond acceptors (Lipinski definition) is 4. The van der Waals surface area contributed by atoms with Gasteiger partial charge in [-0.1, -0.05) is 35.3 Å². The van der Waals surface area contributed by atoms with Crippen molar-refractivity contribution in [2.45, 2.75) is 13.8 Å². The molecule has 2 aromatic carbocycles. The van der Waals surface area contributed by atoms with Crippen LogP contribution in [0.3, 0.4) is 0 Å². The number of ether oxygens (including phenoxy) is 1. The van der Waals surface area contributed by atoms with Gasteiger partial charge in [-0.3, -0.25) is 4.79 Å². The minimum absolute atomic E-state index is 0.231. The monoisotopic (exact) mass is 466 g/mol. The van der Waals surface area contributed by atoms with Gasteiger partial charge in [-0.25, -0.2) is 4.98 Å². The molecule has 0 fully saturated rings. The van der Waals surface area contributed by atoms with Crippen molar-refractivity contribution in [3.05, 3.63) is 82.8 Å². The molecule has 0 atom stereocenters. The van der Waals surface area contributed by atoms with Crippen molar-refractivity contribution in [3.8, 4) is 16.9 Å². The van der Waals surface area contributed by atoms with Crippen LogP contribution in [0, 0.1) is 0 Å². The van der Waals surface area contributed by atoms with E-state index in [2.05, 4.69) is 10.3 Å². The highest BCUT2D eigenvalue weighted by molar-refractivity contribution is 6.32. The number of carbonyl (C=O) groups excluding carboxylic acids is 1. The Morgan fingerprint density at radius 1 is 1.19 bits per heavy atom. The highest BCUT2D eigenvalue weighted by Crippen LogP contribution is 2.37. The van der Waals surface area contributed by atoms with Crippen molar-refractivity contribution in [2.75, 3.05) is 11.9 Å². The summed E-state index contributed by atoms with van der Waals surface area (Å²) in [5.41, 5.74) is 4.58. The molecule has 1 N–H and O–H groups in total. The van der Waals surface area contributed by atoms with Crippen molar-refractivity contribution in [1.82, 2.24) is 4.98 Å². The molecule has 0 radical (unpaired) electrons. The Kier molecular flexibility index (Phi) is 6.49. The number of rotatable bonds is 6. The largest absolute Gasteiger partial charge is 0.493 e. The summed E-state index contributed by atoms with van der Waals surface area (Å²) in [4.78, 5) is 16.6. The minimum Gasteiger partial charge on any atom is -0.493 e. The topological polar surface area (TPSA) is 64.4 Å². The minimum atomic E-state index is -0.315. The van der Waals surface area contributed by atoms with Crippen LogP contribution in [0.2, 0.25) is 10.2 Å². The van der Waals surface area contributed by atoms with Crippen LogP contribution in [0.15, 0.2) is 71.5 Å². The van der Waals surface area contributed by atoms with Crippen LogP contribution in [0.25, 0.3) is 27.7 Å². The van der Waals surface area contributed by atoms with Crippen LogP contribution in [0.1, 0.15) is 19.4 Å². The maximum atomic E-state index is 12.6. The van der Waals surface area contributed by atoms with Gasteiger partial charge in [-0.2, -0.15) is 0 Å². The first-order valence-electron chi connectivity index (χ1n) is 10.0. The Morgan fingerprint density at radius 3 is 2.69 bits per heavy atom. The maximum absolute atomic E-state index is 12.6. The Balaban J connectivity index is 1.73.